The van der Waals surface area contributed by atoms with Crippen molar-refractivity contribution < 1.29 is 9.15 Å². The number of rotatable bonds is 6. The van der Waals surface area contributed by atoms with Crippen LogP contribution in [0.2, 0.25) is 5.02 Å². The Labute approximate surface area is 123 Å². The summed E-state index contributed by atoms with van der Waals surface area (Å²) in [6.45, 7) is 5.27. The minimum atomic E-state index is -0.376. The van der Waals surface area contributed by atoms with Crippen LogP contribution in [0.3, 0.4) is 0 Å². The molecule has 0 saturated heterocycles. The predicted molar refractivity (Wildman–Crippen MR) is 78.2 cm³/mol. The zero-order valence-electron chi connectivity index (χ0n) is 11.8. The van der Waals surface area contributed by atoms with Crippen molar-refractivity contribution in [1.82, 2.24) is 10.2 Å². The van der Waals surface area contributed by atoms with Gasteiger partial charge in [0.1, 0.15) is 0 Å². The van der Waals surface area contributed by atoms with E-state index in [2.05, 4.69) is 15.5 Å². The third-order valence-electron chi connectivity index (χ3n) is 3.11. The Balaban J connectivity index is 2.15. The summed E-state index contributed by atoms with van der Waals surface area (Å²) in [4.78, 5) is 0. The second-order valence-corrected chi connectivity index (χ2v) is 5.40. The first-order valence-corrected chi connectivity index (χ1v) is 6.74. The molecule has 2 rings (SSSR count). The van der Waals surface area contributed by atoms with Crippen LogP contribution >= 0.6 is 11.6 Å². The summed E-state index contributed by atoms with van der Waals surface area (Å²) in [5.74, 6) is 0.555. The Morgan fingerprint density at radius 2 is 1.95 bits per heavy atom. The van der Waals surface area contributed by atoms with Crippen molar-refractivity contribution in [1.29, 1.82) is 0 Å². The number of nitrogens with zero attached hydrogens (tertiary/aromatic N) is 2. The molecular formula is C14H18ClN3O2. The number of hydrogen-bond acceptors (Lipinski definition) is 5. The van der Waals surface area contributed by atoms with E-state index in [9.17, 15) is 0 Å². The number of aromatic nitrogens is 2. The average Bonchev–Trinajstić information content (AvgIpc) is 2.89. The van der Waals surface area contributed by atoms with Crippen molar-refractivity contribution >= 4 is 17.6 Å². The first kappa shape index (κ1) is 14.8. The highest BCUT2D eigenvalue weighted by Crippen LogP contribution is 2.31. The largest absolute Gasteiger partial charge is 0.407 e. The smallest absolute Gasteiger partial charge is 0.315 e. The molecule has 0 bridgehead atoms. The van der Waals surface area contributed by atoms with Crippen molar-refractivity contribution in [3.05, 3.63) is 40.7 Å². The van der Waals surface area contributed by atoms with Crippen molar-refractivity contribution in [2.24, 2.45) is 0 Å². The molecule has 5 nitrogen and oxygen atoms in total. The standard InChI is InChI=1S/C14H18ClN3O2/c1-14(2,10-4-6-11(15)7-5-10)12-17-18-13(20-12)16-8-9-19-3/h4-7H,8-9H2,1-3H3,(H,16,18). The van der Waals surface area contributed by atoms with Gasteiger partial charge in [0.2, 0.25) is 5.89 Å². The summed E-state index contributed by atoms with van der Waals surface area (Å²) in [5, 5.41) is 11.8. The van der Waals surface area contributed by atoms with Crippen LogP contribution in [0.15, 0.2) is 28.7 Å². The van der Waals surface area contributed by atoms with Gasteiger partial charge < -0.3 is 14.5 Å². The number of ether oxygens (including phenoxy) is 1. The molecular weight excluding hydrogens is 278 g/mol. The van der Waals surface area contributed by atoms with Crippen LogP contribution in [0, 0.1) is 0 Å². The van der Waals surface area contributed by atoms with E-state index < -0.39 is 0 Å². The summed E-state index contributed by atoms with van der Waals surface area (Å²) in [5.41, 5.74) is 0.688. The number of benzene rings is 1. The zero-order valence-corrected chi connectivity index (χ0v) is 12.6. The Hall–Kier alpha value is -1.59. The highest BCUT2D eigenvalue weighted by molar-refractivity contribution is 6.30. The van der Waals surface area contributed by atoms with E-state index in [4.69, 9.17) is 20.8 Å². The van der Waals surface area contributed by atoms with E-state index >= 15 is 0 Å². The maximum absolute atomic E-state index is 5.91. The normalized spacial score (nSPS) is 11.6. The lowest BCUT2D eigenvalue weighted by Crippen LogP contribution is -2.19. The van der Waals surface area contributed by atoms with E-state index in [1.165, 1.54) is 0 Å². The Morgan fingerprint density at radius 1 is 1.25 bits per heavy atom. The van der Waals surface area contributed by atoms with E-state index in [1.54, 1.807) is 7.11 Å². The van der Waals surface area contributed by atoms with Crippen molar-refractivity contribution in [2.75, 3.05) is 25.6 Å². The van der Waals surface area contributed by atoms with E-state index in [0.29, 0.717) is 30.1 Å². The molecule has 0 aliphatic heterocycles. The first-order valence-electron chi connectivity index (χ1n) is 6.37. The average molecular weight is 296 g/mol. The molecule has 0 saturated carbocycles. The summed E-state index contributed by atoms with van der Waals surface area (Å²) < 4.78 is 10.6. The number of halogens is 1. The fourth-order valence-corrected chi connectivity index (χ4v) is 1.92. The lowest BCUT2D eigenvalue weighted by molar-refractivity contribution is 0.210. The first-order chi connectivity index (χ1) is 9.54. The van der Waals surface area contributed by atoms with Gasteiger partial charge in [-0.1, -0.05) is 28.8 Å². The third kappa shape index (κ3) is 3.29. The molecule has 1 aromatic carbocycles. The Bertz CT molecular complexity index is 552. The topological polar surface area (TPSA) is 60.2 Å². The van der Waals surface area contributed by atoms with Gasteiger partial charge in [-0.2, -0.15) is 0 Å². The molecule has 0 unspecified atom stereocenters. The zero-order chi connectivity index (χ0) is 14.6. The summed E-state index contributed by atoms with van der Waals surface area (Å²) in [6.07, 6.45) is 0. The summed E-state index contributed by atoms with van der Waals surface area (Å²) in [6, 6.07) is 8.04. The maximum Gasteiger partial charge on any atom is 0.315 e. The minimum absolute atomic E-state index is 0.376. The molecule has 1 heterocycles. The van der Waals surface area contributed by atoms with Crippen LogP contribution < -0.4 is 5.32 Å². The Morgan fingerprint density at radius 3 is 2.60 bits per heavy atom. The predicted octanol–water partition coefficient (Wildman–Crippen LogP) is 3.11. The number of methoxy groups -OCH3 is 1. The van der Waals surface area contributed by atoms with Gasteiger partial charge in [0.25, 0.3) is 0 Å². The molecule has 0 radical (unpaired) electrons. The van der Waals surface area contributed by atoms with Gasteiger partial charge in [0.05, 0.1) is 12.0 Å². The molecule has 2 aromatic rings. The molecule has 1 aromatic heterocycles. The number of nitrogens with one attached hydrogen (secondary N) is 1. The molecule has 6 heteroatoms. The molecule has 0 spiro atoms. The fourth-order valence-electron chi connectivity index (χ4n) is 1.80. The molecule has 108 valence electrons. The lowest BCUT2D eigenvalue weighted by Gasteiger charge is -2.20. The van der Waals surface area contributed by atoms with Crippen molar-refractivity contribution in [2.45, 2.75) is 19.3 Å². The minimum Gasteiger partial charge on any atom is -0.407 e. The van der Waals surface area contributed by atoms with Crippen molar-refractivity contribution in [3.63, 3.8) is 0 Å². The molecule has 0 fully saturated rings. The fraction of sp³-hybridized carbons (Fsp3) is 0.429. The van der Waals surface area contributed by atoms with E-state index in [1.807, 2.05) is 38.1 Å². The maximum atomic E-state index is 5.91. The lowest BCUT2D eigenvalue weighted by atomic mass is 9.85. The van der Waals surface area contributed by atoms with Crippen LogP contribution in [0.1, 0.15) is 25.3 Å². The van der Waals surface area contributed by atoms with Gasteiger partial charge in [0, 0.05) is 18.7 Å². The molecule has 0 atom stereocenters. The van der Waals surface area contributed by atoms with Gasteiger partial charge in [-0.05, 0) is 31.5 Å². The second-order valence-electron chi connectivity index (χ2n) is 4.96. The van der Waals surface area contributed by atoms with Gasteiger partial charge >= 0.3 is 6.01 Å². The van der Waals surface area contributed by atoms with Crippen LogP contribution in [-0.2, 0) is 10.2 Å². The third-order valence-corrected chi connectivity index (χ3v) is 3.36. The van der Waals surface area contributed by atoms with Gasteiger partial charge in [-0.15, -0.1) is 5.10 Å². The molecule has 0 aliphatic carbocycles. The van der Waals surface area contributed by atoms with Crippen LogP contribution in [-0.4, -0.2) is 30.5 Å². The quantitative estimate of drug-likeness (QED) is 0.830. The van der Waals surface area contributed by atoms with Crippen molar-refractivity contribution in [3.8, 4) is 0 Å². The summed E-state index contributed by atoms with van der Waals surface area (Å²) in [7, 11) is 1.64. The SMILES string of the molecule is COCCNc1nnc(C(C)(C)c2ccc(Cl)cc2)o1. The Kier molecular flexibility index (Phi) is 4.62. The second kappa shape index (κ2) is 6.24. The molecule has 0 amide bonds. The monoisotopic (exact) mass is 295 g/mol. The van der Waals surface area contributed by atoms with E-state index in [0.717, 1.165) is 5.56 Å². The molecule has 0 aliphatic rings. The highest BCUT2D eigenvalue weighted by atomic mass is 35.5. The van der Waals surface area contributed by atoms with Gasteiger partial charge in [0.15, 0.2) is 0 Å². The van der Waals surface area contributed by atoms with Gasteiger partial charge in [-0.3, -0.25) is 0 Å². The summed E-state index contributed by atoms with van der Waals surface area (Å²) >= 11 is 5.91. The number of hydrogen-bond donors (Lipinski definition) is 1. The highest BCUT2D eigenvalue weighted by Gasteiger charge is 2.29. The van der Waals surface area contributed by atoms with Crippen LogP contribution in [0.5, 0.6) is 0 Å². The van der Waals surface area contributed by atoms with E-state index in [-0.39, 0.29) is 5.41 Å². The van der Waals surface area contributed by atoms with Crippen LogP contribution in [0.25, 0.3) is 0 Å². The molecule has 1 N–H and O–H groups in total. The number of anilines is 1. The molecule has 20 heavy (non-hydrogen) atoms. The van der Waals surface area contributed by atoms with Crippen LogP contribution in [0.4, 0.5) is 6.01 Å². The van der Waals surface area contributed by atoms with Gasteiger partial charge in [-0.25, -0.2) is 0 Å².